The average Bonchev–Trinajstić information content (AvgIpc) is 2.12. The minimum Gasteiger partial charge on any atom is -0.490 e. The summed E-state index contributed by atoms with van der Waals surface area (Å²) in [6.45, 7) is 2.11. The van der Waals surface area contributed by atoms with Gasteiger partial charge in [-0.3, -0.25) is 0 Å². The van der Waals surface area contributed by atoms with E-state index in [-0.39, 0.29) is 18.4 Å². The summed E-state index contributed by atoms with van der Waals surface area (Å²) in [5, 5.41) is 0. The van der Waals surface area contributed by atoms with E-state index in [1.54, 1.807) is 0 Å². The summed E-state index contributed by atoms with van der Waals surface area (Å²) in [6, 6.07) is 3.83. The van der Waals surface area contributed by atoms with Gasteiger partial charge in [-0.25, -0.2) is 4.39 Å². The minimum absolute atomic E-state index is 0.00776. The molecule has 2 N–H and O–H groups in total. The van der Waals surface area contributed by atoms with Crippen molar-refractivity contribution in [2.75, 3.05) is 6.61 Å². The van der Waals surface area contributed by atoms with Crippen LogP contribution in [0.2, 0.25) is 0 Å². The highest BCUT2D eigenvalue weighted by Crippen LogP contribution is 2.19. The van der Waals surface area contributed by atoms with Crippen LogP contribution >= 0.6 is 0 Å². The van der Waals surface area contributed by atoms with E-state index in [1.165, 1.54) is 12.1 Å². The Bertz CT molecular complexity index is 302. The summed E-state index contributed by atoms with van der Waals surface area (Å²) in [5.41, 5.74) is 5.48. The van der Waals surface area contributed by atoms with Crippen LogP contribution in [0.4, 0.5) is 8.78 Å². The molecule has 1 aromatic rings. The molecule has 0 aliphatic rings. The van der Waals surface area contributed by atoms with Gasteiger partial charge in [0.25, 0.3) is 0 Å². The smallest absolute Gasteiger partial charge is 0.200 e. The topological polar surface area (TPSA) is 35.2 Å². The van der Waals surface area contributed by atoms with E-state index < -0.39 is 11.6 Å². The van der Waals surface area contributed by atoms with Crippen molar-refractivity contribution < 1.29 is 13.5 Å². The first-order valence-corrected chi connectivity index (χ1v) is 4.43. The molecule has 1 rings (SSSR count). The van der Waals surface area contributed by atoms with E-state index in [0.717, 1.165) is 6.07 Å². The molecular weight excluding hydrogens is 188 g/mol. The van der Waals surface area contributed by atoms with E-state index in [2.05, 4.69) is 0 Å². The maximum atomic E-state index is 13.0. The molecule has 0 heterocycles. The fraction of sp³-hybridized carbons (Fsp3) is 0.400. The van der Waals surface area contributed by atoms with Gasteiger partial charge in [0.15, 0.2) is 11.6 Å². The van der Waals surface area contributed by atoms with Gasteiger partial charge in [0, 0.05) is 6.04 Å². The van der Waals surface area contributed by atoms with Gasteiger partial charge in [-0.05, 0) is 25.5 Å². The standard InChI is InChI=1S/C10H13F2NO/c1-7(13)5-6-14-9-4-2-3-8(11)10(9)12/h2-4,7H,5-6,13H2,1H3. The zero-order valence-corrected chi connectivity index (χ0v) is 7.97. The Labute approximate surface area is 81.7 Å². The molecule has 1 atom stereocenters. The lowest BCUT2D eigenvalue weighted by Gasteiger charge is -2.08. The number of hydrogen-bond donors (Lipinski definition) is 1. The lowest BCUT2D eigenvalue weighted by Crippen LogP contribution is -2.18. The maximum absolute atomic E-state index is 13.0. The van der Waals surface area contributed by atoms with Gasteiger partial charge in [0.2, 0.25) is 5.82 Å². The molecule has 0 fully saturated rings. The Morgan fingerprint density at radius 1 is 1.43 bits per heavy atom. The van der Waals surface area contributed by atoms with Crippen molar-refractivity contribution in [2.24, 2.45) is 5.73 Å². The Balaban J connectivity index is 2.54. The first-order valence-electron chi connectivity index (χ1n) is 4.43. The van der Waals surface area contributed by atoms with Gasteiger partial charge in [0.1, 0.15) is 0 Å². The van der Waals surface area contributed by atoms with Crippen LogP contribution in [0.1, 0.15) is 13.3 Å². The van der Waals surface area contributed by atoms with Crippen LogP contribution in [0.5, 0.6) is 5.75 Å². The second kappa shape index (κ2) is 4.91. The van der Waals surface area contributed by atoms with E-state index in [0.29, 0.717) is 6.42 Å². The highest BCUT2D eigenvalue weighted by Gasteiger charge is 2.08. The summed E-state index contributed by atoms with van der Waals surface area (Å²) in [5.74, 6) is -1.91. The SMILES string of the molecule is CC(N)CCOc1cccc(F)c1F. The molecule has 0 bridgehead atoms. The molecule has 4 heteroatoms. The number of ether oxygens (including phenoxy) is 1. The summed E-state index contributed by atoms with van der Waals surface area (Å²) in [4.78, 5) is 0. The van der Waals surface area contributed by atoms with Crippen molar-refractivity contribution >= 4 is 0 Å². The van der Waals surface area contributed by atoms with Crippen LogP contribution in [0.15, 0.2) is 18.2 Å². The van der Waals surface area contributed by atoms with Crippen molar-refractivity contribution in [3.8, 4) is 5.75 Å². The first kappa shape index (κ1) is 10.9. The lowest BCUT2D eigenvalue weighted by atomic mass is 10.3. The quantitative estimate of drug-likeness (QED) is 0.809. The number of hydrogen-bond acceptors (Lipinski definition) is 2. The van der Waals surface area contributed by atoms with Gasteiger partial charge < -0.3 is 10.5 Å². The second-order valence-electron chi connectivity index (χ2n) is 3.17. The molecule has 14 heavy (non-hydrogen) atoms. The summed E-state index contributed by atoms with van der Waals surface area (Å²) in [7, 11) is 0. The van der Waals surface area contributed by atoms with Crippen LogP contribution in [0.25, 0.3) is 0 Å². The number of benzene rings is 1. The van der Waals surface area contributed by atoms with Crippen LogP contribution in [0, 0.1) is 11.6 Å². The molecular formula is C10H13F2NO. The van der Waals surface area contributed by atoms with Crippen LogP contribution in [-0.4, -0.2) is 12.6 Å². The molecule has 0 aromatic heterocycles. The number of rotatable bonds is 4. The summed E-state index contributed by atoms with van der Waals surface area (Å²) in [6.07, 6.45) is 0.607. The van der Waals surface area contributed by atoms with Crippen molar-refractivity contribution in [1.29, 1.82) is 0 Å². The zero-order chi connectivity index (χ0) is 10.6. The van der Waals surface area contributed by atoms with Gasteiger partial charge >= 0.3 is 0 Å². The highest BCUT2D eigenvalue weighted by molar-refractivity contribution is 5.24. The predicted octanol–water partition coefficient (Wildman–Crippen LogP) is 2.08. The molecule has 1 unspecified atom stereocenters. The fourth-order valence-electron chi connectivity index (χ4n) is 0.950. The van der Waals surface area contributed by atoms with Gasteiger partial charge in [-0.1, -0.05) is 6.07 Å². The third kappa shape index (κ3) is 2.96. The van der Waals surface area contributed by atoms with Crippen molar-refractivity contribution in [3.63, 3.8) is 0 Å². The monoisotopic (exact) mass is 201 g/mol. The van der Waals surface area contributed by atoms with Crippen LogP contribution in [0.3, 0.4) is 0 Å². The Hall–Kier alpha value is -1.16. The summed E-state index contributed by atoms with van der Waals surface area (Å²) < 4.78 is 30.7. The van der Waals surface area contributed by atoms with Crippen molar-refractivity contribution in [1.82, 2.24) is 0 Å². The van der Waals surface area contributed by atoms with E-state index in [1.807, 2.05) is 6.92 Å². The first-order chi connectivity index (χ1) is 6.61. The van der Waals surface area contributed by atoms with Crippen molar-refractivity contribution in [2.45, 2.75) is 19.4 Å². The Morgan fingerprint density at radius 2 is 2.14 bits per heavy atom. The van der Waals surface area contributed by atoms with E-state index in [4.69, 9.17) is 10.5 Å². The molecule has 0 saturated heterocycles. The molecule has 0 radical (unpaired) electrons. The maximum Gasteiger partial charge on any atom is 0.200 e. The van der Waals surface area contributed by atoms with Crippen molar-refractivity contribution in [3.05, 3.63) is 29.8 Å². The second-order valence-corrected chi connectivity index (χ2v) is 3.17. The molecule has 0 amide bonds. The molecule has 2 nitrogen and oxygen atoms in total. The van der Waals surface area contributed by atoms with Gasteiger partial charge in [-0.15, -0.1) is 0 Å². The van der Waals surface area contributed by atoms with Crippen LogP contribution in [-0.2, 0) is 0 Å². The molecule has 1 aromatic carbocycles. The average molecular weight is 201 g/mol. The summed E-state index contributed by atoms with van der Waals surface area (Å²) >= 11 is 0. The van der Waals surface area contributed by atoms with Crippen LogP contribution < -0.4 is 10.5 Å². The molecule has 0 spiro atoms. The molecule has 0 aliphatic carbocycles. The lowest BCUT2D eigenvalue weighted by molar-refractivity contribution is 0.282. The van der Waals surface area contributed by atoms with E-state index in [9.17, 15) is 8.78 Å². The normalized spacial score (nSPS) is 12.6. The Kier molecular flexibility index (Phi) is 3.83. The third-order valence-corrected chi connectivity index (χ3v) is 1.75. The predicted molar refractivity (Wildman–Crippen MR) is 50.1 cm³/mol. The minimum atomic E-state index is -0.947. The van der Waals surface area contributed by atoms with Gasteiger partial charge in [0.05, 0.1) is 6.61 Å². The zero-order valence-electron chi connectivity index (χ0n) is 7.97. The Morgan fingerprint density at radius 3 is 2.79 bits per heavy atom. The molecule has 78 valence electrons. The van der Waals surface area contributed by atoms with Gasteiger partial charge in [-0.2, -0.15) is 4.39 Å². The highest BCUT2D eigenvalue weighted by atomic mass is 19.2. The van der Waals surface area contributed by atoms with E-state index >= 15 is 0 Å². The molecule has 0 aliphatic heterocycles. The number of nitrogens with two attached hydrogens (primary N) is 1. The fourth-order valence-corrected chi connectivity index (χ4v) is 0.950. The number of halogens is 2. The largest absolute Gasteiger partial charge is 0.490 e. The molecule has 0 saturated carbocycles. The third-order valence-electron chi connectivity index (χ3n) is 1.75.